The van der Waals surface area contributed by atoms with Gasteiger partial charge in [-0.1, -0.05) is 42.5 Å². The lowest BCUT2D eigenvalue weighted by Crippen LogP contribution is -2.31. The third-order valence-corrected chi connectivity index (χ3v) is 3.59. The molecule has 110 valence electrons. The molecular weight excluding hydrogens is 281 g/mol. The summed E-state index contributed by atoms with van der Waals surface area (Å²) >= 11 is 0. The normalized spacial score (nSPS) is 14.4. The monoisotopic (exact) mass is 295 g/mol. The number of amides is 2. The van der Waals surface area contributed by atoms with Gasteiger partial charge in [-0.05, 0) is 30.2 Å². The number of allylic oxidation sites excluding steroid dienone is 1. The largest absolute Gasteiger partial charge is 0.269 e. The van der Waals surface area contributed by atoms with Crippen LogP contribution in [0, 0.1) is 0 Å². The van der Waals surface area contributed by atoms with Crippen LogP contribution in [0.1, 0.15) is 26.3 Å². The number of imide groups is 1. The van der Waals surface area contributed by atoms with Crippen molar-refractivity contribution in [3.05, 3.63) is 83.2 Å². The molecule has 0 fully saturated rings. The average molecular weight is 295 g/mol. The first-order valence-corrected chi connectivity index (χ1v) is 7.00. The van der Waals surface area contributed by atoms with Crippen molar-refractivity contribution in [2.45, 2.75) is 6.42 Å². The maximum absolute atomic E-state index is 14.0. The number of nitrogens with zero attached hydrogens (tertiary/aromatic N) is 1. The van der Waals surface area contributed by atoms with Crippen molar-refractivity contribution in [1.82, 2.24) is 4.90 Å². The van der Waals surface area contributed by atoms with Crippen LogP contribution in [0.5, 0.6) is 0 Å². The molecule has 0 aliphatic carbocycles. The zero-order valence-electron chi connectivity index (χ0n) is 11.8. The number of hydrogen-bond acceptors (Lipinski definition) is 2. The molecule has 2 aromatic rings. The second-order valence-corrected chi connectivity index (χ2v) is 5.08. The Kier molecular flexibility index (Phi) is 3.83. The minimum atomic E-state index is -0.488. The summed E-state index contributed by atoms with van der Waals surface area (Å²) in [7, 11) is 0. The highest BCUT2D eigenvalue weighted by Gasteiger charge is 2.35. The molecular formula is C18H14FNO2. The Hall–Kier alpha value is -2.75. The maximum Gasteiger partial charge on any atom is 0.261 e. The molecule has 4 heteroatoms. The van der Waals surface area contributed by atoms with Crippen LogP contribution < -0.4 is 0 Å². The highest BCUT2D eigenvalue weighted by molar-refractivity contribution is 6.21. The summed E-state index contributed by atoms with van der Waals surface area (Å²) in [5, 5.41) is 0. The van der Waals surface area contributed by atoms with Crippen LogP contribution in [0.3, 0.4) is 0 Å². The Morgan fingerprint density at radius 3 is 2.05 bits per heavy atom. The van der Waals surface area contributed by atoms with Crippen molar-refractivity contribution < 1.29 is 14.0 Å². The molecule has 1 aliphatic rings. The van der Waals surface area contributed by atoms with Gasteiger partial charge in [-0.2, -0.15) is 0 Å². The molecule has 2 aromatic carbocycles. The molecule has 0 atom stereocenters. The van der Waals surface area contributed by atoms with Crippen LogP contribution in [0.4, 0.5) is 4.39 Å². The van der Waals surface area contributed by atoms with Gasteiger partial charge in [-0.15, -0.1) is 0 Å². The minimum Gasteiger partial charge on any atom is -0.269 e. The van der Waals surface area contributed by atoms with Gasteiger partial charge >= 0.3 is 0 Å². The van der Waals surface area contributed by atoms with Gasteiger partial charge < -0.3 is 0 Å². The summed E-state index contributed by atoms with van der Waals surface area (Å²) in [5.74, 6) is -1.37. The standard InChI is InChI=1S/C18H14FNO2/c19-14(11-10-13-6-2-1-3-7-13)12-20-17(21)15-8-4-5-9-16(15)18(20)22/h1-9,11H,10,12H2. The molecule has 0 N–H and O–H groups in total. The van der Waals surface area contributed by atoms with Gasteiger partial charge in [0, 0.05) is 0 Å². The number of rotatable bonds is 4. The summed E-state index contributed by atoms with van der Waals surface area (Å²) in [6, 6.07) is 16.0. The van der Waals surface area contributed by atoms with E-state index in [1.165, 1.54) is 6.08 Å². The number of carbonyl (C=O) groups is 2. The van der Waals surface area contributed by atoms with Gasteiger partial charge in [-0.3, -0.25) is 14.5 Å². The zero-order chi connectivity index (χ0) is 15.5. The number of carbonyl (C=O) groups excluding carboxylic acids is 2. The van der Waals surface area contributed by atoms with E-state index >= 15 is 0 Å². The Morgan fingerprint density at radius 2 is 1.45 bits per heavy atom. The highest BCUT2D eigenvalue weighted by Crippen LogP contribution is 2.23. The lowest BCUT2D eigenvalue weighted by molar-refractivity contribution is 0.0660. The first-order valence-electron chi connectivity index (χ1n) is 7.00. The molecule has 1 heterocycles. The fraction of sp³-hybridized carbons (Fsp3) is 0.111. The van der Waals surface area contributed by atoms with Crippen LogP contribution in [0.15, 0.2) is 66.5 Å². The molecule has 0 aromatic heterocycles. The van der Waals surface area contributed by atoms with Crippen LogP contribution in [0.2, 0.25) is 0 Å². The fourth-order valence-corrected chi connectivity index (χ4v) is 2.44. The Bertz CT molecular complexity index is 718. The molecule has 0 bridgehead atoms. The van der Waals surface area contributed by atoms with E-state index in [1.807, 2.05) is 30.3 Å². The van der Waals surface area contributed by atoms with E-state index in [9.17, 15) is 14.0 Å². The number of hydrogen-bond donors (Lipinski definition) is 0. The third-order valence-electron chi connectivity index (χ3n) is 3.59. The predicted octanol–water partition coefficient (Wildman–Crippen LogP) is 3.38. The van der Waals surface area contributed by atoms with E-state index in [-0.39, 0.29) is 6.54 Å². The summed E-state index contributed by atoms with van der Waals surface area (Å²) in [6.45, 7) is -0.320. The van der Waals surface area contributed by atoms with Gasteiger partial charge in [0.1, 0.15) is 5.83 Å². The van der Waals surface area contributed by atoms with Gasteiger partial charge in [-0.25, -0.2) is 4.39 Å². The molecule has 22 heavy (non-hydrogen) atoms. The summed E-state index contributed by atoms with van der Waals surface area (Å²) in [6.07, 6.45) is 1.83. The molecule has 1 aliphatic heterocycles. The fourth-order valence-electron chi connectivity index (χ4n) is 2.44. The maximum atomic E-state index is 14.0. The number of benzene rings is 2. The van der Waals surface area contributed by atoms with Gasteiger partial charge in [0.2, 0.25) is 0 Å². The smallest absolute Gasteiger partial charge is 0.261 e. The first-order chi connectivity index (χ1) is 10.7. The van der Waals surface area contributed by atoms with Gasteiger partial charge in [0.15, 0.2) is 0 Å². The quantitative estimate of drug-likeness (QED) is 0.811. The first kappa shape index (κ1) is 14.2. The van der Waals surface area contributed by atoms with Crippen molar-refractivity contribution in [3.63, 3.8) is 0 Å². The van der Waals surface area contributed by atoms with Crippen molar-refractivity contribution in [2.24, 2.45) is 0 Å². The second kappa shape index (κ2) is 5.93. The molecule has 0 unspecified atom stereocenters. The number of fused-ring (bicyclic) bond motifs is 1. The van der Waals surface area contributed by atoms with Crippen molar-refractivity contribution in [2.75, 3.05) is 6.54 Å². The summed E-state index contributed by atoms with van der Waals surface area (Å²) < 4.78 is 14.0. The highest BCUT2D eigenvalue weighted by atomic mass is 19.1. The molecule has 0 radical (unpaired) electrons. The summed E-state index contributed by atoms with van der Waals surface area (Å²) in [4.78, 5) is 25.2. The van der Waals surface area contributed by atoms with Gasteiger partial charge in [0.25, 0.3) is 11.8 Å². The zero-order valence-corrected chi connectivity index (χ0v) is 11.8. The van der Waals surface area contributed by atoms with Crippen molar-refractivity contribution in [1.29, 1.82) is 0 Å². The van der Waals surface area contributed by atoms with E-state index in [0.717, 1.165) is 10.5 Å². The van der Waals surface area contributed by atoms with E-state index < -0.39 is 17.6 Å². The SMILES string of the molecule is O=C1c2ccccc2C(=O)N1CC(F)=CCc1ccccc1. The lowest BCUT2D eigenvalue weighted by atomic mass is 10.1. The summed E-state index contributed by atoms with van der Waals surface area (Å²) in [5.41, 5.74) is 1.65. The Labute approximate surface area is 127 Å². The molecule has 0 spiro atoms. The van der Waals surface area contributed by atoms with E-state index in [2.05, 4.69) is 0 Å². The molecule has 2 amide bonds. The predicted molar refractivity (Wildman–Crippen MR) is 81.1 cm³/mol. The number of halogens is 1. The average Bonchev–Trinajstić information content (AvgIpc) is 2.79. The van der Waals surface area contributed by atoms with Crippen LogP contribution in [-0.4, -0.2) is 23.3 Å². The second-order valence-electron chi connectivity index (χ2n) is 5.08. The van der Waals surface area contributed by atoms with E-state index in [1.54, 1.807) is 24.3 Å². The van der Waals surface area contributed by atoms with Crippen LogP contribution in [0.25, 0.3) is 0 Å². The van der Waals surface area contributed by atoms with Crippen LogP contribution in [-0.2, 0) is 6.42 Å². The lowest BCUT2D eigenvalue weighted by Gasteiger charge is -2.12. The molecule has 3 rings (SSSR count). The Balaban J connectivity index is 1.71. The van der Waals surface area contributed by atoms with E-state index in [4.69, 9.17) is 0 Å². The van der Waals surface area contributed by atoms with Crippen molar-refractivity contribution in [3.8, 4) is 0 Å². The molecule has 0 saturated heterocycles. The van der Waals surface area contributed by atoms with Crippen LogP contribution >= 0.6 is 0 Å². The molecule has 3 nitrogen and oxygen atoms in total. The Morgan fingerprint density at radius 1 is 0.909 bits per heavy atom. The van der Waals surface area contributed by atoms with Crippen molar-refractivity contribution >= 4 is 11.8 Å². The topological polar surface area (TPSA) is 37.4 Å². The minimum absolute atomic E-state index is 0.320. The van der Waals surface area contributed by atoms with Gasteiger partial charge in [0.05, 0.1) is 17.7 Å². The van der Waals surface area contributed by atoms with E-state index in [0.29, 0.717) is 17.5 Å². The molecule has 0 saturated carbocycles. The third kappa shape index (κ3) is 2.68.